The fraction of sp³-hybridized carbons (Fsp3) is 0.0909. The smallest absolute Gasteiger partial charge is 0.116 e. The third-order valence-electron chi connectivity index (χ3n) is 1.91. The van der Waals surface area contributed by atoms with Gasteiger partial charge in [-0.15, -0.1) is 0 Å². The van der Waals surface area contributed by atoms with E-state index in [0.29, 0.717) is 6.54 Å². The van der Waals surface area contributed by atoms with Gasteiger partial charge in [0.15, 0.2) is 0 Å². The molecule has 0 amide bonds. The van der Waals surface area contributed by atoms with Crippen LogP contribution in [0.5, 0.6) is 0 Å². The van der Waals surface area contributed by atoms with Crippen LogP contribution < -0.4 is 5.73 Å². The average Bonchev–Trinajstić information content (AvgIpc) is 2.31. The largest absolute Gasteiger partial charge is 0.326 e. The summed E-state index contributed by atoms with van der Waals surface area (Å²) in [4.78, 5) is 9.18. The number of hydrogen-bond donors (Lipinski definition) is 1. The molecule has 15 heavy (non-hydrogen) atoms. The van der Waals surface area contributed by atoms with Crippen molar-refractivity contribution in [3.05, 3.63) is 48.4 Å². The Bertz CT molecular complexity index is 431. The normalized spacial score (nSPS) is 10.2. The molecule has 1 aromatic carbocycles. The topological polar surface area (TPSA) is 51.8 Å². The van der Waals surface area contributed by atoms with Crippen LogP contribution in [0.25, 0.3) is 0 Å². The molecule has 0 spiro atoms. The first-order valence-corrected chi connectivity index (χ1v) is 5.43. The lowest BCUT2D eigenvalue weighted by atomic mass is 10.2. The number of rotatable bonds is 3. The average molecular weight is 217 g/mol. The summed E-state index contributed by atoms with van der Waals surface area (Å²) in [7, 11) is 0. The van der Waals surface area contributed by atoms with Crippen LogP contribution in [0.15, 0.2) is 52.8 Å². The van der Waals surface area contributed by atoms with Crippen molar-refractivity contribution in [2.45, 2.75) is 16.5 Å². The fourth-order valence-electron chi connectivity index (χ4n) is 1.20. The fourth-order valence-corrected chi connectivity index (χ4v) is 2.02. The van der Waals surface area contributed by atoms with E-state index in [2.05, 4.69) is 16.0 Å². The molecule has 3 nitrogen and oxygen atoms in total. The van der Waals surface area contributed by atoms with Gasteiger partial charge in [0.2, 0.25) is 0 Å². The molecule has 1 aromatic heterocycles. The van der Waals surface area contributed by atoms with Gasteiger partial charge in [-0.1, -0.05) is 23.9 Å². The van der Waals surface area contributed by atoms with E-state index in [9.17, 15) is 0 Å². The van der Waals surface area contributed by atoms with Gasteiger partial charge in [-0.3, -0.25) is 0 Å². The Morgan fingerprint density at radius 1 is 1.27 bits per heavy atom. The Hall–Kier alpha value is -1.39. The minimum absolute atomic E-state index is 0.568. The molecule has 0 saturated carbocycles. The molecule has 0 aliphatic carbocycles. The van der Waals surface area contributed by atoms with Gasteiger partial charge in [0.1, 0.15) is 11.4 Å². The van der Waals surface area contributed by atoms with E-state index in [4.69, 9.17) is 5.73 Å². The standard InChI is InChI=1S/C11H11N3S/c12-7-9-2-1-3-10(6-9)15-11-4-5-13-8-14-11/h1-6,8H,7,12H2. The lowest BCUT2D eigenvalue weighted by Crippen LogP contribution is -1.95. The van der Waals surface area contributed by atoms with Crippen molar-refractivity contribution in [1.29, 1.82) is 0 Å². The number of nitrogens with two attached hydrogens (primary N) is 1. The van der Waals surface area contributed by atoms with Crippen LogP contribution in [0.2, 0.25) is 0 Å². The summed E-state index contributed by atoms with van der Waals surface area (Å²) in [6, 6.07) is 10.0. The minimum atomic E-state index is 0.568. The zero-order valence-electron chi connectivity index (χ0n) is 8.13. The van der Waals surface area contributed by atoms with Crippen molar-refractivity contribution in [2.75, 3.05) is 0 Å². The highest BCUT2D eigenvalue weighted by atomic mass is 32.2. The van der Waals surface area contributed by atoms with Gasteiger partial charge in [-0.25, -0.2) is 9.97 Å². The molecular weight excluding hydrogens is 206 g/mol. The summed E-state index contributed by atoms with van der Waals surface area (Å²) >= 11 is 1.61. The quantitative estimate of drug-likeness (QED) is 0.800. The van der Waals surface area contributed by atoms with Gasteiger partial charge in [0, 0.05) is 17.6 Å². The van der Waals surface area contributed by atoms with Crippen molar-refractivity contribution in [2.24, 2.45) is 5.73 Å². The van der Waals surface area contributed by atoms with Crippen LogP contribution in [-0.2, 0) is 6.54 Å². The highest BCUT2D eigenvalue weighted by Gasteiger charge is 1.98. The van der Waals surface area contributed by atoms with E-state index >= 15 is 0 Å². The highest BCUT2D eigenvalue weighted by molar-refractivity contribution is 7.99. The van der Waals surface area contributed by atoms with Crippen LogP contribution in [-0.4, -0.2) is 9.97 Å². The Morgan fingerprint density at radius 2 is 2.20 bits per heavy atom. The molecule has 0 fully saturated rings. The van der Waals surface area contributed by atoms with E-state index in [0.717, 1.165) is 15.5 Å². The van der Waals surface area contributed by atoms with Crippen molar-refractivity contribution in [3.63, 3.8) is 0 Å². The zero-order valence-corrected chi connectivity index (χ0v) is 8.95. The molecule has 1 heterocycles. The Balaban J connectivity index is 2.17. The molecule has 0 saturated heterocycles. The van der Waals surface area contributed by atoms with E-state index in [1.807, 2.05) is 24.3 Å². The van der Waals surface area contributed by atoms with Gasteiger partial charge < -0.3 is 5.73 Å². The maximum Gasteiger partial charge on any atom is 0.116 e. The third-order valence-corrected chi connectivity index (χ3v) is 2.85. The first-order chi connectivity index (χ1) is 7.38. The summed E-state index contributed by atoms with van der Waals surface area (Å²) in [5.74, 6) is 0. The summed E-state index contributed by atoms with van der Waals surface area (Å²) in [6.45, 7) is 0.568. The molecule has 2 rings (SSSR count). The van der Waals surface area contributed by atoms with Gasteiger partial charge in [0.25, 0.3) is 0 Å². The lowest BCUT2D eigenvalue weighted by molar-refractivity contribution is 1.04. The maximum atomic E-state index is 5.58. The summed E-state index contributed by atoms with van der Waals surface area (Å²) < 4.78 is 0. The van der Waals surface area contributed by atoms with Gasteiger partial charge in [0.05, 0.1) is 0 Å². The number of nitrogens with zero attached hydrogens (tertiary/aromatic N) is 2. The molecule has 0 atom stereocenters. The van der Waals surface area contributed by atoms with E-state index in [1.165, 1.54) is 0 Å². The van der Waals surface area contributed by atoms with Crippen molar-refractivity contribution in [1.82, 2.24) is 9.97 Å². The second kappa shape index (κ2) is 4.91. The summed E-state index contributed by atoms with van der Waals surface area (Å²) in [6.07, 6.45) is 3.29. The van der Waals surface area contributed by atoms with Crippen molar-refractivity contribution >= 4 is 11.8 Å². The molecular formula is C11H11N3S. The molecule has 0 aliphatic heterocycles. The summed E-state index contributed by atoms with van der Waals surface area (Å²) in [5, 5.41) is 0.944. The van der Waals surface area contributed by atoms with E-state index in [1.54, 1.807) is 24.3 Å². The van der Waals surface area contributed by atoms with Crippen molar-refractivity contribution in [3.8, 4) is 0 Å². The predicted molar refractivity (Wildman–Crippen MR) is 60.5 cm³/mol. The molecule has 2 N–H and O–H groups in total. The van der Waals surface area contributed by atoms with Crippen LogP contribution >= 0.6 is 11.8 Å². The Kier molecular flexibility index (Phi) is 3.32. The number of aromatic nitrogens is 2. The van der Waals surface area contributed by atoms with Crippen LogP contribution in [0.1, 0.15) is 5.56 Å². The number of hydrogen-bond acceptors (Lipinski definition) is 4. The molecule has 0 unspecified atom stereocenters. The monoisotopic (exact) mass is 217 g/mol. The van der Waals surface area contributed by atoms with Crippen LogP contribution in [0.4, 0.5) is 0 Å². The predicted octanol–water partition coefficient (Wildman–Crippen LogP) is 2.09. The molecule has 0 bridgehead atoms. The third kappa shape index (κ3) is 2.78. The molecule has 76 valence electrons. The summed E-state index contributed by atoms with van der Waals surface area (Å²) in [5.41, 5.74) is 6.71. The van der Waals surface area contributed by atoms with Gasteiger partial charge in [-0.2, -0.15) is 0 Å². The molecule has 0 aliphatic rings. The molecule has 2 aromatic rings. The Morgan fingerprint density at radius 3 is 2.93 bits per heavy atom. The van der Waals surface area contributed by atoms with E-state index in [-0.39, 0.29) is 0 Å². The highest BCUT2D eigenvalue weighted by Crippen LogP contribution is 2.25. The molecule has 4 heteroatoms. The first-order valence-electron chi connectivity index (χ1n) is 4.61. The SMILES string of the molecule is NCc1cccc(Sc2ccncn2)c1. The van der Waals surface area contributed by atoms with Crippen LogP contribution in [0.3, 0.4) is 0 Å². The minimum Gasteiger partial charge on any atom is -0.326 e. The zero-order chi connectivity index (χ0) is 10.5. The lowest BCUT2D eigenvalue weighted by Gasteiger charge is -2.02. The van der Waals surface area contributed by atoms with E-state index < -0.39 is 0 Å². The molecule has 0 radical (unpaired) electrons. The second-order valence-electron chi connectivity index (χ2n) is 3.00. The second-order valence-corrected chi connectivity index (χ2v) is 4.10. The van der Waals surface area contributed by atoms with Gasteiger partial charge >= 0.3 is 0 Å². The van der Waals surface area contributed by atoms with Crippen molar-refractivity contribution < 1.29 is 0 Å². The maximum absolute atomic E-state index is 5.58. The van der Waals surface area contributed by atoms with Gasteiger partial charge in [-0.05, 0) is 23.8 Å². The Labute approximate surface area is 92.8 Å². The first kappa shape index (κ1) is 10.1. The number of benzene rings is 1. The van der Waals surface area contributed by atoms with Crippen LogP contribution in [0, 0.1) is 0 Å².